The SMILES string of the molecule is COC(=O)CCCCCCNC(=O)c1ccc[nH]c1=O. The summed E-state index contributed by atoms with van der Waals surface area (Å²) in [6.07, 6.45) is 5.36. The minimum atomic E-state index is -0.386. The Morgan fingerprint density at radius 2 is 2.00 bits per heavy atom. The van der Waals surface area contributed by atoms with Gasteiger partial charge in [0.15, 0.2) is 0 Å². The van der Waals surface area contributed by atoms with E-state index in [-0.39, 0.29) is 23.0 Å². The lowest BCUT2D eigenvalue weighted by Crippen LogP contribution is -2.29. The molecule has 6 heteroatoms. The van der Waals surface area contributed by atoms with Crippen LogP contribution < -0.4 is 10.9 Å². The Balaban J connectivity index is 2.13. The van der Waals surface area contributed by atoms with E-state index >= 15 is 0 Å². The molecule has 110 valence electrons. The van der Waals surface area contributed by atoms with Crippen molar-refractivity contribution in [3.05, 3.63) is 34.2 Å². The fraction of sp³-hybridized carbons (Fsp3) is 0.500. The quantitative estimate of drug-likeness (QED) is 0.553. The molecule has 0 aliphatic rings. The number of H-pyrrole nitrogens is 1. The molecule has 0 spiro atoms. The van der Waals surface area contributed by atoms with Crippen molar-refractivity contribution in [1.82, 2.24) is 10.3 Å². The topological polar surface area (TPSA) is 88.3 Å². The van der Waals surface area contributed by atoms with Crippen molar-refractivity contribution in [2.24, 2.45) is 0 Å². The average molecular weight is 280 g/mol. The number of methoxy groups -OCH3 is 1. The molecule has 0 unspecified atom stereocenters. The van der Waals surface area contributed by atoms with Crippen molar-refractivity contribution in [1.29, 1.82) is 0 Å². The Kier molecular flexibility index (Phi) is 7.10. The van der Waals surface area contributed by atoms with Crippen molar-refractivity contribution >= 4 is 11.9 Å². The maximum atomic E-state index is 11.7. The summed E-state index contributed by atoms with van der Waals surface area (Å²) in [4.78, 5) is 36.4. The summed E-state index contributed by atoms with van der Waals surface area (Å²) in [5.74, 6) is -0.553. The van der Waals surface area contributed by atoms with E-state index in [2.05, 4.69) is 15.0 Å². The summed E-state index contributed by atoms with van der Waals surface area (Å²) in [7, 11) is 1.38. The standard InChI is InChI=1S/C14H20N2O4/c1-20-12(17)8-4-2-3-5-9-15-13(18)11-7-6-10-16-14(11)19/h6-7,10H,2-5,8-9H2,1H3,(H,15,18)(H,16,19). The van der Waals surface area contributed by atoms with Gasteiger partial charge in [-0.25, -0.2) is 0 Å². The van der Waals surface area contributed by atoms with E-state index in [4.69, 9.17) is 0 Å². The van der Waals surface area contributed by atoms with Gasteiger partial charge in [-0.3, -0.25) is 14.4 Å². The second-order valence-electron chi connectivity index (χ2n) is 4.41. The normalized spacial score (nSPS) is 10.1. The molecule has 0 radical (unpaired) electrons. The first-order valence-corrected chi connectivity index (χ1v) is 6.68. The van der Waals surface area contributed by atoms with Crippen molar-refractivity contribution in [3.8, 4) is 0 Å². The number of pyridine rings is 1. The molecule has 20 heavy (non-hydrogen) atoms. The first-order valence-electron chi connectivity index (χ1n) is 6.68. The Hall–Kier alpha value is -2.11. The zero-order valence-corrected chi connectivity index (χ0v) is 11.6. The van der Waals surface area contributed by atoms with E-state index < -0.39 is 0 Å². The third kappa shape index (κ3) is 5.69. The molecule has 0 saturated carbocycles. The minimum absolute atomic E-state index is 0.123. The number of carbonyl (C=O) groups is 2. The highest BCUT2D eigenvalue weighted by atomic mass is 16.5. The molecule has 0 aliphatic heterocycles. The van der Waals surface area contributed by atoms with E-state index in [1.807, 2.05) is 0 Å². The zero-order valence-electron chi connectivity index (χ0n) is 11.6. The van der Waals surface area contributed by atoms with Gasteiger partial charge in [0.1, 0.15) is 5.56 Å². The molecule has 0 aromatic carbocycles. The van der Waals surface area contributed by atoms with E-state index in [9.17, 15) is 14.4 Å². The lowest BCUT2D eigenvalue weighted by molar-refractivity contribution is -0.140. The van der Waals surface area contributed by atoms with Gasteiger partial charge < -0.3 is 15.0 Å². The second kappa shape index (κ2) is 8.90. The van der Waals surface area contributed by atoms with Gasteiger partial charge in [-0.15, -0.1) is 0 Å². The molecule has 0 aliphatic carbocycles. The third-order valence-corrected chi connectivity index (χ3v) is 2.88. The van der Waals surface area contributed by atoms with Gasteiger partial charge in [0.05, 0.1) is 7.11 Å². The van der Waals surface area contributed by atoms with Crippen molar-refractivity contribution in [2.75, 3.05) is 13.7 Å². The average Bonchev–Trinajstić information content (AvgIpc) is 2.46. The van der Waals surface area contributed by atoms with E-state index in [0.717, 1.165) is 25.7 Å². The Bertz CT molecular complexity index is 496. The number of aromatic amines is 1. The molecular weight excluding hydrogens is 260 g/mol. The highest BCUT2D eigenvalue weighted by Gasteiger charge is 2.08. The van der Waals surface area contributed by atoms with Gasteiger partial charge in [-0.1, -0.05) is 12.8 Å². The molecular formula is C14H20N2O4. The van der Waals surface area contributed by atoms with Gasteiger partial charge in [0.2, 0.25) is 0 Å². The summed E-state index contributed by atoms with van der Waals surface area (Å²) in [6.45, 7) is 0.519. The van der Waals surface area contributed by atoms with Crippen LogP contribution in [0.3, 0.4) is 0 Å². The van der Waals surface area contributed by atoms with Crippen LogP contribution in [-0.2, 0) is 9.53 Å². The summed E-state index contributed by atoms with van der Waals surface area (Å²) in [6, 6.07) is 3.10. The van der Waals surface area contributed by atoms with Crippen LogP contribution in [0.15, 0.2) is 23.1 Å². The van der Waals surface area contributed by atoms with Crippen LogP contribution in [0.4, 0.5) is 0 Å². The first-order chi connectivity index (χ1) is 9.65. The van der Waals surface area contributed by atoms with Crippen molar-refractivity contribution in [2.45, 2.75) is 32.1 Å². The predicted molar refractivity (Wildman–Crippen MR) is 74.5 cm³/mol. The van der Waals surface area contributed by atoms with Gasteiger partial charge in [0, 0.05) is 19.2 Å². The number of esters is 1. The number of aromatic nitrogens is 1. The van der Waals surface area contributed by atoms with Crippen LogP contribution in [0.1, 0.15) is 42.5 Å². The molecule has 0 fully saturated rings. The number of unbranched alkanes of at least 4 members (excludes halogenated alkanes) is 3. The molecule has 0 saturated heterocycles. The Morgan fingerprint density at radius 3 is 2.70 bits per heavy atom. The van der Waals surface area contributed by atoms with Crippen LogP contribution in [-0.4, -0.2) is 30.5 Å². The highest BCUT2D eigenvalue weighted by Crippen LogP contribution is 2.03. The first kappa shape index (κ1) is 15.9. The van der Waals surface area contributed by atoms with Crippen LogP contribution in [0, 0.1) is 0 Å². The Morgan fingerprint density at radius 1 is 1.25 bits per heavy atom. The molecule has 6 nitrogen and oxygen atoms in total. The fourth-order valence-electron chi connectivity index (χ4n) is 1.75. The zero-order chi connectivity index (χ0) is 14.8. The number of rotatable bonds is 8. The lowest BCUT2D eigenvalue weighted by Gasteiger charge is -2.04. The second-order valence-corrected chi connectivity index (χ2v) is 4.41. The van der Waals surface area contributed by atoms with Gasteiger partial charge in [-0.2, -0.15) is 0 Å². The van der Waals surface area contributed by atoms with E-state index in [1.165, 1.54) is 19.4 Å². The smallest absolute Gasteiger partial charge is 0.305 e. The Labute approximate surface area is 117 Å². The summed E-state index contributed by atoms with van der Waals surface area (Å²) in [5.41, 5.74) is -0.263. The van der Waals surface area contributed by atoms with E-state index in [0.29, 0.717) is 13.0 Å². The number of amides is 1. The summed E-state index contributed by atoms with van der Waals surface area (Å²) < 4.78 is 4.54. The van der Waals surface area contributed by atoms with Crippen LogP contribution in [0.25, 0.3) is 0 Å². The molecule has 1 heterocycles. The summed E-state index contributed by atoms with van der Waals surface area (Å²) >= 11 is 0. The van der Waals surface area contributed by atoms with Crippen LogP contribution in [0.5, 0.6) is 0 Å². The van der Waals surface area contributed by atoms with Gasteiger partial charge in [0.25, 0.3) is 11.5 Å². The van der Waals surface area contributed by atoms with E-state index in [1.54, 1.807) is 6.07 Å². The summed E-state index contributed by atoms with van der Waals surface area (Å²) in [5, 5.41) is 2.70. The maximum absolute atomic E-state index is 11.7. The number of hydrogen-bond donors (Lipinski definition) is 2. The van der Waals surface area contributed by atoms with Crippen LogP contribution in [0.2, 0.25) is 0 Å². The lowest BCUT2D eigenvalue weighted by atomic mass is 10.1. The molecule has 1 aromatic heterocycles. The number of hydrogen-bond acceptors (Lipinski definition) is 4. The molecule has 1 aromatic rings. The molecule has 2 N–H and O–H groups in total. The number of nitrogens with one attached hydrogen (secondary N) is 2. The van der Waals surface area contributed by atoms with Crippen molar-refractivity contribution < 1.29 is 14.3 Å². The highest BCUT2D eigenvalue weighted by molar-refractivity contribution is 5.93. The fourth-order valence-corrected chi connectivity index (χ4v) is 1.75. The number of carbonyl (C=O) groups excluding carboxylic acids is 2. The molecule has 0 bridgehead atoms. The van der Waals surface area contributed by atoms with Crippen molar-refractivity contribution in [3.63, 3.8) is 0 Å². The van der Waals surface area contributed by atoms with Gasteiger partial charge in [-0.05, 0) is 25.0 Å². The minimum Gasteiger partial charge on any atom is -0.469 e. The molecule has 1 rings (SSSR count). The number of ether oxygens (including phenoxy) is 1. The predicted octanol–water partition coefficient (Wildman–Crippen LogP) is 1.23. The molecule has 0 atom stereocenters. The van der Waals surface area contributed by atoms with Gasteiger partial charge >= 0.3 is 5.97 Å². The monoisotopic (exact) mass is 280 g/mol. The molecule has 1 amide bonds. The third-order valence-electron chi connectivity index (χ3n) is 2.88. The largest absolute Gasteiger partial charge is 0.469 e. The van der Waals surface area contributed by atoms with Crippen LogP contribution >= 0.6 is 0 Å². The maximum Gasteiger partial charge on any atom is 0.305 e.